The lowest BCUT2D eigenvalue weighted by Gasteiger charge is -2.19. The van der Waals surface area contributed by atoms with Gasteiger partial charge in [0.2, 0.25) is 11.8 Å². The van der Waals surface area contributed by atoms with Crippen molar-refractivity contribution in [3.05, 3.63) is 35.1 Å². The molecule has 2 atom stereocenters. The summed E-state index contributed by atoms with van der Waals surface area (Å²) in [5.74, 6) is -5.71. The molecule has 2 rings (SSSR count). The molecule has 0 radical (unpaired) electrons. The highest BCUT2D eigenvalue weighted by Crippen LogP contribution is 2.21. The minimum absolute atomic E-state index is 0.0343. The van der Waals surface area contributed by atoms with Gasteiger partial charge in [0, 0.05) is 20.0 Å². The smallest absolute Gasteiger partial charge is 0.225 e. The van der Waals surface area contributed by atoms with Crippen LogP contribution >= 0.6 is 0 Å². The van der Waals surface area contributed by atoms with Gasteiger partial charge < -0.3 is 15.3 Å². The van der Waals surface area contributed by atoms with Gasteiger partial charge in [-0.25, -0.2) is 13.2 Å². The highest BCUT2D eigenvalue weighted by Gasteiger charge is 2.33. The molecule has 8 heteroatoms. The Kier molecular flexibility index (Phi) is 4.70. The zero-order valence-corrected chi connectivity index (χ0v) is 11.8. The van der Waals surface area contributed by atoms with Crippen molar-refractivity contribution in [1.82, 2.24) is 10.2 Å². The summed E-state index contributed by atoms with van der Waals surface area (Å²) in [5.41, 5.74) is -0.0927. The maximum Gasteiger partial charge on any atom is 0.225 e. The van der Waals surface area contributed by atoms with Gasteiger partial charge in [0.25, 0.3) is 0 Å². The van der Waals surface area contributed by atoms with Crippen LogP contribution in [0.25, 0.3) is 0 Å². The van der Waals surface area contributed by atoms with Crippen molar-refractivity contribution >= 4 is 11.8 Å². The maximum atomic E-state index is 13.2. The van der Waals surface area contributed by atoms with E-state index in [1.807, 2.05) is 0 Å². The molecule has 1 aromatic carbocycles. The van der Waals surface area contributed by atoms with Crippen molar-refractivity contribution in [2.75, 3.05) is 20.2 Å². The van der Waals surface area contributed by atoms with E-state index in [0.717, 1.165) is 0 Å². The second-order valence-corrected chi connectivity index (χ2v) is 5.22. The molecule has 1 saturated heterocycles. The second kappa shape index (κ2) is 6.35. The molecule has 120 valence electrons. The van der Waals surface area contributed by atoms with Crippen LogP contribution in [0, 0.1) is 23.4 Å². The third-order valence-corrected chi connectivity index (χ3v) is 3.62. The normalized spacial score (nSPS) is 19.4. The number of nitrogens with zero attached hydrogens (tertiary/aromatic N) is 1. The van der Waals surface area contributed by atoms with Gasteiger partial charge in [-0.2, -0.15) is 0 Å². The van der Waals surface area contributed by atoms with Crippen LogP contribution in [0.5, 0.6) is 0 Å². The first-order valence-corrected chi connectivity index (χ1v) is 6.63. The van der Waals surface area contributed by atoms with Crippen LogP contribution in [-0.4, -0.2) is 42.0 Å². The molecule has 2 amide bonds. The summed E-state index contributed by atoms with van der Waals surface area (Å²) in [6.07, 6.45) is 0.0343. The summed E-state index contributed by atoms with van der Waals surface area (Å²) in [4.78, 5) is 24.8. The molecule has 1 fully saturated rings. The van der Waals surface area contributed by atoms with E-state index >= 15 is 0 Å². The van der Waals surface area contributed by atoms with Crippen molar-refractivity contribution in [1.29, 1.82) is 0 Å². The zero-order valence-electron chi connectivity index (χ0n) is 11.8. The van der Waals surface area contributed by atoms with E-state index in [2.05, 4.69) is 5.32 Å². The van der Waals surface area contributed by atoms with Gasteiger partial charge in [-0.15, -0.1) is 0 Å². The first kappa shape index (κ1) is 16.3. The molecule has 22 heavy (non-hydrogen) atoms. The Labute approximate surface area is 124 Å². The Hall–Kier alpha value is -2.09. The molecule has 1 aliphatic rings. The van der Waals surface area contributed by atoms with E-state index in [4.69, 9.17) is 0 Å². The average molecular weight is 316 g/mol. The first-order chi connectivity index (χ1) is 10.3. The first-order valence-electron chi connectivity index (χ1n) is 6.63. The van der Waals surface area contributed by atoms with Gasteiger partial charge in [0.15, 0.2) is 17.5 Å². The summed E-state index contributed by atoms with van der Waals surface area (Å²) in [6, 6.07) is 0.343. The molecule has 5 nitrogen and oxygen atoms in total. The highest BCUT2D eigenvalue weighted by atomic mass is 19.2. The van der Waals surface area contributed by atoms with Crippen molar-refractivity contribution < 1.29 is 27.9 Å². The number of benzene rings is 1. The van der Waals surface area contributed by atoms with Gasteiger partial charge in [-0.3, -0.25) is 9.59 Å². The standard InChI is InChI=1S/C14H15F3N2O3/c1-19-5-8(4-12(19)21)14(22)18-11(6-20)7-2-9(15)13(17)10(16)3-7/h2-3,8,11,20H,4-6H2,1H3,(H,18,22). The number of carbonyl (C=O) groups is 2. The van der Waals surface area contributed by atoms with Crippen LogP contribution in [0.3, 0.4) is 0 Å². The van der Waals surface area contributed by atoms with Crippen LogP contribution in [0.15, 0.2) is 12.1 Å². The molecule has 1 aromatic rings. The fraction of sp³-hybridized carbons (Fsp3) is 0.429. The molecule has 2 unspecified atom stereocenters. The Bertz CT molecular complexity index is 586. The summed E-state index contributed by atoms with van der Waals surface area (Å²) >= 11 is 0. The zero-order chi connectivity index (χ0) is 16.4. The molecule has 0 bridgehead atoms. The maximum absolute atomic E-state index is 13.2. The number of hydrogen-bond acceptors (Lipinski definition) is 3. The SMILES string of the molecule is CN1CC(C(=O)NC(CO)c2cc(F)c(F)c(F)c2)CC1=O. The summed E-state index contributed by atoms with van der Waals surface area (Å²) < 4.78 is 39.4. The van der Waals surface area contributed by atoms with E-state index in [1.165, 1.54) is 4.90 Å². The third kappa shape index (κ3) is 3.22. The lowest BCUT2D eigenvalue weighted by molar-refractivity contribution is -0.128. The fourth-order valence-corrected chi connectivity index (χ4v) is 2.34. The number of amides is 2. The second-order valence-electron chi connectivity index (χ2n) is 5.22. The summed E-state index contributed by atoms with van der Waals surface area (Å²) in [5, 5.41) is 11.7. The number of rotatable bonds is 4. The number of halogens is 3. The van der Waals surface area contributed by atoms with Crippen molar-refractivity contribution in [3.63, 3.8) is 0 Å². The molecule has 0 spiro atoms. The van der Waals surface area contributed by atoms with Crippen molar-refractivity contribution in [3.8, 4) is 0 Å². The van der Waals surface area contributed by atoms with Gasteiger partial charge >= 0.3 is 0 Å². The summed E-state index contributed by atoms with van der Waals surface area (Å²) in [7, 11) is 1.56. The quantitative estimate of drug-likeness (QED) is 0.805. The van der Waals surface area contributed by atoms with E-state index < -0.39 is 41.9 Å². The molecular weight excluding hydrogens is 301 g/mol. The van der Waals surface area contributed by atoms with E-state index in [1.54, 1.807) is 7.05 Å². The average Bonchev–Trinajstić information content (AvgIpc) is 2.81. The van der Waals surface area contributed by atoms with Gasteiger partial charge in [-0.05, 0) is 17.7 Å². The molecule has 1 heterocycles. The minimum atomic E-state index is -1.62. The molecule has 1 aliphatic heterocycles. The number of carbonyl (C=O) groups excluding carboxylic acids is 2. The molecule has 0 aromatic heterocycles. The Morgan fingerprint density at radius 1 is 1.41 bits per heavy atom. The topological polar surface area (TPSA) is 69.6 Å². The Morgan fingerprint density at radius 3 is 2.45 bits per heavy atom. The number of aliphatic hydroxyl groups excluding tert-OH is 1. The predicted octanol–water partition coefficient (Wildman–Crippen LogP) is 0.732. The van der Waals surface area contributed by atoms with E-state index in [0.29, 0.717) is 12.1 Å². The predicted molar refractivity (Wildman–Crippen MR) is 70.0 cm³/mol. The monoisotopic (exact) mass is 316 g/mol. The third-order valence-electron chi connectivity index (χ3n) is 3.62. The number of aliphatic hydroxyl groups is 1. The van der Waals surface area contributed by atoms with Crippen LogP contribution in [0.4, 0.5) is 13.2 Å². The van der Waals surface area contributed by atoms with Crippen LogP contribution in [0.1, 0.15) is 18.0 Å². The minimum Gasteiger partial charge on any atom is -0.394 e. The lowest BCUT2D eigenvalue weighted by Crippen LogP contribution is -2.36. The van der Waals surface area contributed by atoms with Crippen LogP contribution in [-0.2, 0) is 9.59 Å². The van der Waals surface area contributed by atoms with E-state index in [-0.39, 0.29) is 24.4 Å². The number of nitrogens with one attached hydrogen (secondary N) is 1. The fourth-order valence-electron chi connectivity index (χ4n) is 2.34. The van der Waals surface area contributed by atoms with Crippen LogP contribution < -0.4 is 5.32 Å². The van der Waals surface area contributed by atoms with Crippen LogP contribution in [0.2, 0.25) is 0 Å². The van der Waals surface area contributed by atoms with Gasteiger partial charge in [-0.1, -0.05) is 0 Å². The van der Waals surface area contributed by atoms with Crippen molar-refractivity contribution in [2.24, 2.45) is 5.92 Å². The molecular formula is C14H15F3N2O3. The largest absolute Gasteiger partial charge is 0.394 e. The lowest BCUT2D eigenvalue weighted by atomic mass is 10.0. The summed E-state index contributed by atoms with van der Waals surface area (Å²) in [6.45, 7) is -0.387. The highest BCUT2D eigenvalue weighted by molar-refractivity contribution is 5.89. The van der Waals surface area contributed by atoms with E-state index in [9.17, 15) is 27.9 Å². The van der Waals surface area contributed by atoms with Gasteiger partial charge in [0.05, 0.1) is 18.6 Å². The molecule has 0 aliphatic carbocycles. The number of likely N-dealkylation sites (tertiary alicyclic amines) is 1. The van der Waals surface area contributed by atoms with Gasteiger partial charge in [0.1, 0.15) is 0 Å². The molecule has 0 saturated carbocycles. The van der Waals surface area contributed by atoms with Crippen molar-refractivity contribution in [2.45, 2.75) is 12.5 Å². The number of hydrogen-bond donors (Lipinski definition) is 2. The molecule has 2 N–H and O–H groups in total. The Balaban J connectivity index is 2.13. The Morgan fingerprint density at radius 2 is 2.00 bits per heavy atom.